The van der Waals surface area contributed by atoms with Crippen LogP contribution in [0.3, 0.4) is 0 Å². The van der Waals surface area contributed by atoms with Gasteiger partial charge in [0.05, 0.1) is 34.4 Å². The Morgan fingerprint density at radius 3 is 1.30 bits per heavy atom. The second kappa shape index (κ2) is 40.5. The van der Waals surface area contributed by atoms with E-state index >= 15 is 0 Å². The number of esters is 2. The van der Waals surface area contributed by atoms with Crippen molar-refractivity contribution in [2.45, 2.75) is 219 Å². The first-order valence-corrected chi connectivity index (χ1v) is 23.5. The van der Waals surface area contributed by atoms with E-state index in [-0.39, 0.29) is 32.2 Å². The maximum Gasteiger partial charge on any atom is 0.361 e. The van der Waals surface area contributed by atoms with Crippen molar-refractivity contribution in [1.82, 2.24) is 0 Å². The molecule has 0 saturated carbocycles. The van der Waals surface area contributed by atoms with Crippen LogP contribution in [-0.2, 0) is 33.3 Å². The SMILES string of the molecule is CCCCCCCC/C=C\CCCCCCCCCC(=O)OC(COC(=O)CCCCCCC/C=C\CCCCCCCC)COC(OCC[N+](C)(C)C)C(=O)O. The number of carboxylic acids is 1. The van der Waals surface area contributed by atoms with Crippen LogP contribution in [0.25, 0.3) is 0 Å². The number of likely N-dealkylation sites (N-methyl/N-ethyl adjacent to an activating group) is 1. The van der Waals surface area contributed by atoms with Crippen LogP contribution in [0.2, 0.25) is 0 Å². The molecule has 0 saturated heterocycles. The van der Waals surface area contributed by atoms with Crippen molar-refractivity contribution < 1.29 is 42.9 Å². The lowest BCUT2D eigenvalue weighted by Crippen LogP contribution is -2.40. The average molecular weight is 809 g/mol. The number of carbonyl (C=O) groups is 3. The highest BCUT2D eigenvalue weighted by Crippen LogP contribution is 2.14. The number of carboxylic acid groups (broad SMARTS) is 1. The zero-order chi connectivity index (χ0) is 42.1. The molecule has 0 bridgehead atoms. The molecule has 0 spiro atoms. The predicted octanol–water partition coefficient (Wildman–Crippen LogP) is 12.4. The van der Waals surface area contributed by atoms with Gasteiger partial charge in [-0.2, -0.15) is 0 Å². The van der Waals surface area contributed by atoms with Gasteiger partial charge in [0.25, 0.3) is 6.29 Å². The highest BCUT2D eigenvalue weighted by Gasteiger charge is 2.25. The lowest BCUT2D eigenvalue weighted by atomic mass is 10.1. The zero-order valence-electron chi connectivity index (χ0n) is 37.8. The van der Waals surface area contributed by atoms with Gasteiger partial charge in [-0.3, -0.25) is 9.59 Å². The Morgan fingerprint density at radius 2 is 0.895 bits per heavy atom. The van der Waals surface area contributed by atoms with Gasteiger partial charge < -0.3 is 28.5 Å². The summed E-state index contributed by atoms with van der Waals surface area (Å²) < 4.78 is 22.7. The van der Waals surface area contributed by atoms with Gasteiger partial charge in [0.1, 0.15) is 13.2 Å². The van der Waals surface area contributed by atoms with Gasteiger partial charge in [0, 0.05) is 12.8 Å². The Kier molecular flexibility index (Phi) is 39.0. The second-order valence-corrected chi connectivity index (χ2v) is 17.1. The molecule has 0 fully saturated rings. The fraction of sp³-hybridized carbons (Fsp3) is 0.854. The highest BCUT2D eigenvalue weighted by molar-refractivity contribution is 5.71. The number of hydrogen-bond donors (Lipinski definition) is 1. The smallest absolute Gasteiger partial charge is 0.361 e. The van der Waals surface area contributed by atoms with Crippen LogP contribution < -0.4 is 0 Å². The van der Waals surface area contributed by atoms with E-state index in [0.29, 0.717) is 17.4 Å². The summed E-state index contributed by atoms with van der Waals surface area (Å²) in [5, 5.41) is 9.64. The molecule has 0 aliphatic carbocycles. The Morgan fingerprint density at radius 1 is 0.509 bits per heavy atom. The number of aliphatic carboxylic acids is 1. The number of quaternary nitrogens is 1. The fourth-order valence-corrected chi connectivity index (χ4v) is 6.47. The average Bonchev–Trinajstić information content (AvgIpc) is 3.17. The molecule has 0 rings (SSSR count). The van der Waals surface area contributed by atoms with Gasteiger partial charge in [-0.1, -0.05) is 154 Å². The van der Waals surface area contributed by atoms with Crippen LogP contribution in [0.4, 0.5) is 0 Å². The summed E-state index contributed by atoms with van der Waals surface area (Å²) in [6.45, 7) is 4.86. The van der Waals surface area contributed by atoms with E-state index in [1.165, 1.54) is 116 Å². The summed E-state index contributed by atoms with van der Waals surface area (Å²) in [5.41, 5.74) is 0. The number of hydrogen-bond acceptors (Lipinski definition) is 7. The van der Waals surface area contributed by atoms with Crippen LogP contribution in [-0.4, -0.2) is 87.4 Å². The van der Waals surface area contributed by atoms with Crippen molar-refractivity contribution in [3.05, 3.63) is 24.3 Å². The third-order valence-corrected chi connectivity index (χ3v) is 10.2. The van der Waals surface area contributed by atoms with Crippen molar-refractivity contribution in [2.24, 2.45) is 0 Å². The third-order valence-electron chi connectivity index (χ3n) is 10.2. The van der Waals surface area contributed by atoms with Crippen molar-refractivity contribution in [3.63, 3.8) is 0 Å². The molecule has 0 aromatic heterocycles. The largest absolute Gasteiger partial charge is 0.477 e. The molecule has 2 unspecified atom stereocenters. The molecule has 0 radical (unpaired) electrons. The quantitative estimate of drug-likeness (QED) is 0.0213. The summed E-state index contributed by atoms with van der Waals surface area (Å²) in [5.74, 6) is -2.02. The van der Waals surface area contributed by atoms with Crippen LogP contribution in [0, 0.1) is 0 Å². The standard InChI is InChI=1S/C48H89NO8/c1-6-8-10-12-14-16-18-20-22-23-25-27-29-31-33-35-37-39-46(51)57-44(43-56-48(47(52)53)54-41-40-49(3,4)5)42-55-45(50)38-36-34-32-30-28-26-24-21-19-17-15-13-11-9-7-2/h20-22,24,44,48H,6-19,23,25-43H2,1-5H3/p+1/b22-20-,24-21-. The molecule has 334 valence electrons. The summed E-state index contributed by atoms with van der Waals surface area (Å²) in [6.07, 6.45) is 40.9. The van der Waals surface area contributed by atoms with Gasteiger partial charge >= 0.3 is 17.9 Å². The first kappa shape index (κ1) is 54.8. The lowest BCUT2D eigenvalue weighted by Gasteiger charge is -2.25. The minimum Gasteiger partial charge on any atom is -0.477 e. The van der Waals surface area contributed by atoms with Crippen LogP contribution >= 0.6 is 0 Å². The van der Waals surface area contributed by atoms with E-state index in [0.717, 1.165) is 64.2 Å². The molecule has 0 amide bonds. The minimum absolute atomic E-state index is 0.185. The molecule has 0 aliphatic rings. The van der Waals surface area contributed by atoms with Gasteiger partial charge in [-0.25, -0.2) is 4.79 Å². The van der Waals surface area contributed by atoms with Crippen molar-refractivity contribution in [3.8, 4) is 0 Å². The van der Waals surface area contributed by atoms with Crippen LogP contribution in [0.15, 0.2) is 24.3 Å². The van der Waals surface area contributed by atoms with E-state index in [4.69, 9.17) is 18.9 Å². The molecule has 9 heteroatoms. The fourth-order valence-electron chi connectivity index (χ4n) is 6.47. The number of ether oxygens (including phenoxy) is 4. The Hall–Kier alpha value is -2.23. The maximum atomic E-state index is 12.8. The number of carbonyl (C=O) groups excluding carboxylic acids is 2. The summed E-state index contributed by atoms with van der Waals surface area (Å²) >= 11 is 0. The first-order chi connectivity index (χ1) is 27.6. The maximum absolute atomic E-state index is 12.8. The Bertz CT molecular complexity index is 991. The molecule has 0 aromatic carbocycles. The van der Waals surface area contributed by atoms with E-state index in [9.17, 15) is 19.5 Å². The molecule has 57 heavy (non-hydrogen) atoms. The zero-order valence-corrected chi connectivity index (χ0v) is 37.8. The summed E-state index contributed by atoms with van der Waals surface area (Å²) in [6, 6.07) is 0. The van der Waals surface area contributed by atoms with Gasteiger partial charge in [-0.05, 0) is 64.2 Å². The van der Waals surface area contributed by atoms with Crippen molar-refractivity contribution in [1.29, 1.82) is 0 Å². The highest BCUT2D eigenvalue weighted by atomic mass is 16.7. The number of nitrogens with zero attached hydrogens (tertiary/aromatic N) is 1. The predicted molar refractivity (Wildman–Crippen MR) is 235 cm³/mol. The molecular weight excluding hydrogens is 719 g/mol. The van der Waals surface area contributed by atoms with Gasteiger partial charge in [0.15, 0.2) is 6.10 Å². The molecule has 9 nitrogen and oxygen atoms in total. The molecule has 0 aliphatic heterocycles. The number of unbranched alkanes of at least 4 members (excludes halogenated alkanes) is 24. The van der Waals surface area contributed by atoms with Crippen LogP contribution in [0.5, 0.6) is 0 Å². The first-order valence-electron chi connectivity index (χ1n) is 23.5. The van der Waals surface area contributed by atoms with Crippen LogP contribution in [0.1, 0.15) is 206 Å². The normalized spacial score (nSPS) is 13.1. The molecule has 0 aromatic rings. The van der Waals surface area contributed by atoms with Crippen molar-refractivity contribution in [2.75, 3.05) is 47.5 Å². The van der Waals surface area contributed by atoms with E-state index in [2.05, 4.69) is 38.2 Å². The molecular formula is C48H90NO8+. The van der Waals surface area contributed by atoms with Crippen molar-refractivity contribution >= 4 is 17.9 Å². The topological polar surface area (TPSA) is 108 Å². The van der Waals surface area contributed by atoms with E-state index in [1.807, 2.05) is 21.1 Å². The molecule has 2 atom stereocenters. The third kappa shape index (κ3) is 41.7. The Balaban J connectivity index is 4.42. The Labute approximate surface area is 350 Å². The minimum atomic E-state index is -1.51. The molecule has 0 heterocycles. The summed E-state index contributed by atoms with van der Waals surface area (Å²) in [7, 11) is 5.95. The number of rotatable bonds is 43. The second-order valence-electron chi connectivity index (χ2n) is 17.1. The summed E-state index contributed by atoms with van der Waals surface area (Å²) in [4.78, 5) is 37.1. The van der Waals surface area contributed by atoms with Gasteiger partial charge in [0.2, 0.25) is 0 Å². The monoisotopic (exact) mass is 809 g/mol. The van der Waals surface area contributed by atoms with E-state index < -0.39 is 24.3 Å². The van der Waals surface area contributed by atoms with E-state index in [1.54, 1.807) is 0 Å². The van der Waals surface area contributed by atoms with Gasteiger partial charge in [-0.15, -0.1) is 0 Å². The lowest BCUT2D eigenvalue weighted by molar-refractivity contribution is -0.870. The molecule has 1 N–H and O–H groups in total. The number of allylic oxidation sites excluding steroid dienone is 4.